The predicted octanol–water partition coefficient (Wildman–Crippen LogP) is 4.10. The maximum absolute atomic E-state index is 4.74. The lowest BCUT2D eigenvalue weighted by Crippen LogP contribution is -2.17. The lowest BCUT2D eigenvalue weighted by Gasteiger charge is -2.18. The molecule has 20 heavy (non-hydrogen) atoms. The first-order valence-corrected chi connectivity index (χ1v) is 6.96. The molecule has 0 spiro atoms. The molecule has 1 heterocycles. The molecule has 0 unspecified atom stereocenters. The molecule has 0 saturated carbocycles. The van der Waals surface area contributed by atoms with Crippen molar-refractivity contribution in [3.05, 3.63) is 41.2 Å². The van der Waals surface area contributed by atoms with Crippen molar-refractivity contribution in [2.75, 3.05) is 12.4 Å². The standard InChI is InChI=1S/C17H23N3/c1-11-7-8-13(9-12(11)2)14-10-15(18-6)20-16(19-14)17(3,4)5/h7-10H,1-6H3,(H,18,19,20). The summed E-state index contributed by atoms with van der Waals surface area (Å²) in [5.41, 5.74) is 4.62. The molecule has 0 atom stereocenters. The molecule has 0 bridgehead atoms. The fourth-order valence-corrected chi connectivity index (χ4v) is 1.96. The van der Waals surface area contributed by atoms with E-state index < -0.39 is 0 Å². The van der Waals surface area contributed by atoms with Gasteiger partial charge in [0.2, 0.25) is 0 Å². The van der Waals surface area contributed by atoms with Gasteiger partial charge in [0.25, 0.3) is 0 Å². The highest BCUT2D eigenvalue weighted by Crippen LogP contribution is 2.26. The van der Waals surface area contributed by atoms with Crippen molar-refractivity contribution in [3.8, 4) is 11.3 Å². The summed E-state index contributed by atoms with van der Waals surface area (Å²) in [5.74, 6) is 1.72. The monoisotopic (exact) mass is 269 g/mol. The SMILES string of the molecule is CNc1cc(-c2ccc(C)c(C)c2)nc(C(C)(C)C)n1. The van der Waals surface area contributed by atoms with Crippen LogP contribution in [-0.2, 0) is 5.41 Å². The molecule has 3 nitrogen and oxygen atoms in total. The zero-order valence-electron chi connectivity index (χ0n) is 13.2. The molecule has 1 aromatic carbocycles. The topological polar surface area (TPSA) is 37.8 Å². The quantitative estimate of drug-likeness (QED) is 0.892. The molecule has 106 valence electrons. The number of aromatic nitrogens is 2. The molecule has 0 saturated heterocycles. The third kappa shape index (κ3) is 2.98. The van der Waals surface area contributed by atoms with Crippen LogP contribution in [0.15, 0.2) is 24.3 Å². The number of rotatable bonds is 2. The Morgan fingerprint density at radius 1 is 0.950 bits per heavy atom. The summed E-state index contributed by atoms with van der Waals surface area (Å²) in [5, 5.41) is 3.12. The Morgan fingerprint density at radius 3 is 2.20 bits per heavy atom. The number of aryl methyl sites for hydroxylation is 2. The van der Waals surface area contributed by atoms with Gasteiger partial charge < -0.3 is 5.32 Å². The molecule has 3 heteroatoms. The van der Waals surface area contributed by atoms with Crippen molar-refractivity contribution >= 4 is 5.82 Å². The van der Waals surface area contributed by atoms with E-state index in [-0.39, 0.29) is 5.41 Å². The van der Waals surface area contributed by atoms with Crippen LogP contribution in [0.25, 0.3) is 11.3 Å². The lowest BCUT2D eigenvalue weighted by molar-refractivity contribution is 0.547. The largest absolute Gasteiger partial charge is 0.373 e. The molecule has 0 aliphatic carbocycles. The van der Waals surface area contributed by atoms with E-state index in [9.17, 15) is 0 Å². The summed E-state index contributed by atoms with van der Waals surface area (Å²) in [6.45, 7) is 10.6. The second-order valence-electron chi connectivity index (χ2n) is 6.26. The number of hydrogen-bond donors (Lipinski definition) is 1. The maximum Gasteiger partial charge on any atom is 0.136 e. The van der Waals surface area contributed by atoms with E-state index in [2.05, 4.69) is 63.1 Å². The molecule has 1 aromatic heterocycles. The third-order valence-corrected chi connectivity index (χ3v) is 3.46. The maximum atomic E-state index is 4.74. The molecular formula is C17H23N3. The van der Waals surface area contributed by atoms with E-state index in [1.165, 1.54) is 11.1 Å². The fraction of sp³-hybridized carbons (Fsp3) is 0.412. The van der Waals surface area contributed by atoms with Crippen LogP contribution in [0, 0.1) is 13.8 Å². The Labute approximate surface area is 121 Å². The Bertz CT molecular complexity index is 625. The van der Waals surface area contributed by atoms with Gasteiger partial charge in [-0.1, -0.05) is 32.9 Å². The van der Waals surface area contributed by atoms with Gasteiger partial charge in [-0.15, -0.1) is 0 Å². The van der Waals surface area contributed by atoms with Crippen molar-refractivity contribution in [1.82, 2.24) is 9.97 Å². The van der Waals surface area contributed by atoms with Crippen molar-refractivity contribution in [2.24, 2.45) is 0 Å². The third-order valence-electron chi connectivity index (χ3n) is 3.46. The van der Waals surface area contributed by atoms with Crippen molar-refractivity contribution in [2.45, 2.75) is 40.0 Å². The van der Waals surface area contributed by atoms with Gasteiger partial charge in [-0.25, -0.2) is 9.97 Å². The molecule has 0 amide bonds. The van der Waals surface area contributed by atoms with Gasteiger partial charge in [-0.2, -0.15) is 0 Å². The van der Waals surface area contributed by atoms with Gasteiger partial charge in [0.1, 0.15) is 11.6 Å². The molecule has 2 aromatic rings. The summed E-state index contributed by atoms with van der Waals surface area (Å²) in [6, 6.07) is 8.45. The van der Waals surface area contributed by atoms with Crippen LogP contribution in [0.3, 0.4) is 0 Å². The summed E-state index contributed by atoms with van der Waals surface area (Å²) < 4.78 is 0. The zero-order chi connectivity index (χ0) is 14.9. The number of nitrogens with one attached hydrogen (secondary N) is 1. The van der Waals surface area contributed by atoms with E-state index in [4.69, 9.17) is 4.98 Å². The summed E-state index contributed by atoms with van der Waals surface area (Å²) >= 11 is 0. The van der Waals surface area contributed by atoms with Crippen LogP contribution in [0.5, 0.6) is 0 Å². The van der Waals surface area contributed by atoms with Crippen molar-refractivity contribution in [3.63, 3.8) is 0 Å². The first-order valence-electron chi connectivity index (χ1n) is 6.96. The molecule has 0 aliphatic rings. The fourth-order valence-electron chi connectivity index (χ4n) is 1.96. The smallest absolute Gasteiger partial charge is 0.136 e. The van der Waals surface area contributed by atoms with Crippen LogP contribution in [0.4, 0.5) is 5.82 Å². The first kappa shape index (κ1) is 14.5. The summed E-state index contributed by atoms with van der Waals surface area (Å²) in [6.07, 6.45) is 0. The van der Waals surface area contributed by atoms with E-state index in [0.717, 1.165) is 22.9 Å². The van der Waals surface area contributed by atoms with Crippen LogP contribution < -0.4 is 5.32 Å². The molecule has 0 radical (unpaired) electrons. The molecule has 0 fully saturated rings. The van der Waals surface area contributed by atoms with Gasteiger partial charge in [0.05, 0.1) is 5.69 Å². The van der Waals surface area contributed by atoms with E-state index in [0.29, 0.717) is 0 Å². The Kier molecular flexibility index (Phi) is 3.80. The minimum Gasteiger partial charge on any atom is -0.373 e. The summed E-state index contributed by atoms with van der Waals surface area (Å²) in [7, 11) is 1.89. The zero-order valence-corrected chi connectivity index (χ0v) is 13.2. The van der Waals surface area contributed by atoms with Gasteiger partial charge in [-0.05, 0) is 31.0 Å². The van der Waals surface area contributed by atoms with Gasteiger partial charge >= 0.3 is 0 Å². The lowest BCUT2D eigenvalue weighted by atomic mass is 9.95. The minimum absolute atomic E-state index is 0.0681. The molecular weight excluding hydrogens is 246 g/mol. The average molecular weight is 269 g/mol. The minimum atomic E-state index is -0.0681. The van der Waals surface area contributed by atoms with Gasteiger partial charge in [0.15, 0.2) is 0 Å². The van der Waals surface area contributed by atoms with Crippen molar-refractivity contribution < 1.29 is 0 Å². The predicted molar refractivity (Wildman–Crippen MR) is 85.2 cm³/mol. The molecule has 2 rings (SSSR count). The second-order valence-corrected chi connectivity index (χ2v) is 6.26. The average Bonchev–Trinajstić information content (AvgIpc) is 2.40. The summed E-state index contributed by atoms with van der Waals surface area (Å²) in [4.78, 5) is 9.31. The molecule has 0 aliphatic heterocycles. The van der Waals surface area contributed by atoms with E-state index >= 15 is 0 Å². The first-order chi connectivity index (χ1) is 9.31. The second kappa shape index (κ2) is 5.23. The van der Waals surface area contributed by atoms with Crippen molar-refractivity contribution in [1.29, 1.82) is 0 Å². The highest BCUT2D eigenvalue weighted by molar-refractivity contribution is 5.64. The highest BCUT2D eigenvalue weighted by atomic mass is 15.0. The number of nitrogens with zero attached hydrogens (tertiary/aromatic N) is 2. The highest BCUT2D eigenvalue weighted by Gasteiger charge is 2.19. The van der Waals surface area contributed by atoms with Crippen LogP contribution in [-0.4, -0.2) is 17.0 Å². The van der Waals surface area contributed by atoms with Crippen LogP contribution in [0.1, 0.15) is 37.7 Å². The van der Waals surface area contributed by atoms with Gasteiger partial charge in [-0.3, -0.25) is 0 Å². The number of benzene rings is 1. The Morgan fingerprint density at radius 2 is 1.65 bits per heavy atom. The van der Waals surface area contributed by atoms with E-state index in [1.54, 1.807) is 0 Å². The number of hydrogen-bond acceptors (Lipinski definition) is 3. The number of anilines is 1. The van der Waals surface area contributed by atoms with Gasteiger partial charge in [0, 0.05) is 24.1 Å². The van der Waals surface area contributed by atoms with E-state index in [1.807, 2.05) is 13.1 Å². The normalized spacial score (nSPS) is 11.5. The Hall–Kier alpha value is -1.90. The Balaban J connectivity index is 2.58. The molecule has 1 N–H and O–H groups in total. The van der Waals surface area contributed by atoms with Crippen LogP contribution >= 0.6 is 0 Å². The van der Waals surface area contributed by atoms with Crippen LogP contribution in [0.2, 0.25) is 0 Å².